The molecule has 26 heavy (non-hydrogen) atoms. The van der Waals surface area contributed by atoms with E-state index in [0.29, 0.717) is 17.1 Å². The number of β-amino-alcohol motifs (C(OH)–C–C–N with tert-alkyl or cyclic N) is 1. The summed E-state index contributed by atoms with van der Waals surface area (Å²) in [5, 5.41) is 14.4. The summed E-state index contributed by atoms with van der Waals surface area (Å²) >= 11 is 0. The van der Waals surface area contributed by atoms with Crippen molar-refractivity contribution >= 4 is 29.2 Å². The molecule has 1 aliphatic rings. The Labute approximate surface area is 149 Å². The minimum atomic E-state index is -0.552. The molecule has 1 aromatic heterocycles. The second-order valence-corrected chi connectivity index (χ2v) is 5.42. The number of pyridine rings is 1. The van der Waals surface area contributed by atoms with Crippen LogP contribution < -0.4 is 10.6 Å². The average molecular weight is 352 g/mol. The van der Waals surface area contributed by atoms with Crippen molar-refractivity contribution in [2.24, 2.45) is 0 Å². The Morgan fingerprint density at radius 2 is 1.88 bits per heavy atom. The Balaban J connectivity index is 1.80. The van der Waals surface area contributed by atoms with Gasteiger partial charge < -0.3 is 15.7 Å². The van der Waals surface area contributed by atoms with E-state index in [1.165, 1.54) is 0 Å². The van der Waals surface area contributed by atoms with Gasteiger partial charge in [-0.15, -0.1) is 0 Å². The topological polar surface area (TPSA) is 112 Å². The van der Waals surface area contributed by atoms with Gasteiger partial charge in [-0.2, -0.15) is 0 Å². The first-order chi connectivity index (χ1) is 12.6. The fourth-order valence-corrected chi connectivity index (χ4v) is 2.47. The van der Waals surface area contributed by atoms with Crippen LogP contribution in [0.5, 0.6) is 0 Å². The lowest BCUT2D eigenvalue weighted by molar-refractivity contribution is -0.137. The number of benzene rings is 1. The zero-order chi connectivity index (χ0) is 18.5. The van der Waals surface area contributed by atoms with E-state index in [4.69, 9.17) is 5.11 Å². The molecule has 132 valence electrons. The molecule has 0 fully saturated rings. The number of aliphatic hydroxyl groups is 1. The van der Waals surface area contributed by atoms with Crippen molar-refractivity contribution in [1.82, 2.24) is 9.88 Å². The smallest absolute Gasteiger partial charge is 0.277 e. The molecule has 0 atom stereocenters. The molecule has 0 unspecified atom stereocenters. The van der Waals surface area contributed by atoms with Crippen molar-refractivity contribution in [1.29, 1.82) is 0 Å². The van der Waals surface area contributed by atoms with E-state index in [2.05, 4.69) is 15.6 Å². The third kappa shape index (κ3) is 3.60. The average Bonchev–Trinajstić information content (AvgIpc) is 2.91. The summed E-state index contributed by atoms with van der Waals surface area (Å²) < 4.78 is 0. The summed E-state index contributed by atoms with van der Waals surface area (Å²) in [6, 6.07) is 11.7. The van der Waals surface area contributed by atoms with Crippen LogP contribution in [0.4, 0.5) is 11.5 Å². The van der Waals surface area contributed by atoms with Crippen LogP contribution >= 0.6 is 0 Å². The van der Waals surface area contributed by atoms with Crippen molar-refractivity contribution in [3.8, 4) is 0 Å². The van der Waals surface area contributed by atoms with Crippen molar-refractivity contribution < 1.29 is 19.5 Å². The Bertz CT molecular complexity index is 880. The summed E-state index contributed by atoms with van der Waals surface area (Å²) in [7, 11) is 0. The second-order valence-electron chi connectivity index (χ2n) is 5.42. The highest BCUT2D eigenvalue weighted by Crippen LogP contribution is 2.21. The van der Waals surface area contributed by atoms with E-state index in [1.54, 1.807) is 48.7 Å². The molecule has 0 saturated heterocycles. The predicted octanol–water partition coefficient (Wildman–Crippen LogP) is 0.991. The van der Waals surface area contributed by atoms with E-state index in [0.717, 1.165) is 11.0 Å². The SMILES string of the molecule is O=C(Nc1ccccn1)c1ccccc1NC1=CC(=O)N(CCO)C1=O. The van der Waals surface area contributed by atoms with Crippen LogP contribution in [0.15, 0.2) is 60.4 Å². The van der Waals surface area contributed by atoms with Gasteiger partial charge in [0.2, 0.25) is 0 Å². The maximum absolute atomic E-state index is 12.5. The summed E-state index contributed by atoms with van der Waals surface area (Å²) in [4.78, 5) is 41.5. The van der Waals surface area contributed by atoms with E-state index in [9.17, 15) is 14.4 Å². The predicted molar refractivity (Wildman–Crippen MR) is 94.1 cm³/mol. The zero-order valence-corrected chi connectivity index (χ0v) is 13.7. The van der Waals surface area contributed by atoms with Crippen LogP contribution in [0.3, 0.4) is 0 Å². The Kier molecular flexibility index (Phi) is 5.04. The molecule has 1 aliphatic heterocycles. The molecule has 8 nitrogen and oxygen atoms in total. The number of nitrogens with one attached hydrogen (secondary N) is 2. The summed E-state index contributed by atoms with van der Waals surface area (Å²) in [6.45, 7) is -0.400. The number of hydrogen-bond acceptors (Lipinski definition) is 6. The normalized spacial score (nSPS) is 13.6. The van der Waals surface area contributed by atoms with E-state index in [1.807, 2.05) is 0 Å². The Morgan fingerprint density at radius 3 is 2.62 bits per heavy atom. The number of hydrogen-bond donors (Lipinski definition) is 3. The number of nitrogens with zero attached hydrogens (tertiary/aromatic N) is 2. The number of imide groups is 1. The number of aromatic nitrogens is 1. The number of rotatable bonds is 6. The van der Waals surface area contributed by atoms with Crippen molar-refractivity contribution in [2.45, 2.75) is 0 Å². The highest BCUT2D eigenvalue weighted by Gasteiger charge is 2.31. The number of aliphatic hydroxyl groups excluding tert-OH is 1. The van der Waals surface area contributed by atoms with Gasteiger partial charge in [0.05, 0.1) is 24.4 Å². The fraction of sp³-hybridized carbons (Fsp3) is 0.111. The van der Waals surface area contributed by atoms with Gasteiger partial charge >= 0.3 is 0 Å². The molecule has 0 bridgehead atoms. The molecular formula is C18H16N4O4. The first-order valence-corrected chi connectivity index (χ1v) is 7.87. The van der Waals surface area contributed by atoms with Gasteiger partial charge in [-0.05, 0) is 24.3 Å². The van der Waals surface area contributed by atoms with Gasteiger partial charge in [-0.3, -0.25) is 19.3 Å². The highest BCUT2D eigenvalue weighted by molar-refractivity contribution is 6.18. The molecule has 8 heteroatoms. The van der Waals surface area contributed by atoms with Gasteiger partial charge in [0, 0.05) is 12.3 Å². The molecule has 3 rings (SSSR count). The standard InChI is InChI=1S/C18H16N4O4/c23-10-9-22-16(24)11-14(18(22)26)20-13-6-2-1-5-12(13)17(25)21-15-7-3-4-8-19-15/h1-8,11,20,23H,9-10H2,(H,19,21,25). The quantitative estimate of drug-likeness (QED) is 0.669. The van der Waals surface area contributed by atoms with Crippen molar-refractivity contribution in [2.75, 3.05) is 23.8 Å². The monoisotopic (exact) mass is 352 g/mol. The summed E-state index contributed by atoms with van der Waals surface area (Å²) in [6.07, 6.45) is 2.70. The number of para-hydroxylation sites is 1. The van der Waals surface area contributed by atoms with Gasteiger partial charge in [0.25, 0.3) is 17.7 Å². The van der Waals surface area contributed by atoms with Crippen LogP contribution in [0.25, 0.3) is 0 Å². The molecule has 2 heterocycles. The van der Waals surface area contributed by atoms with E-state index < -0.39 is 17.7 Å². The van der Waals surface area contributed by atoms with Crippen molar-refractivity contribution in [3.63, 3.8) is 0 Å². The number of carbonyl (C=O) groups is 3. The Hall–Kier alpha value is -3.52. The molecule has 0 spiro atoms. The minimum Gasteiger partial charge on any atom is -0.395 e. The van der Waals surface area contributed by atoms with E-state index in [-0.39, 0.29) is 18.8 Å². The largest absolute Gasteiger partial charge is 0.395 e. The van der Waals surface area contributed by atoms with Gasteiger partial charge in [-0.1, -0.05) is 18.2 Å². The lowest BCUT2D eigenvalue weighted by Gasteiger charge is -2.15. The number of anilines is 2. The lowest BCUT2D eigenvalue weighted by Crippen LogP contribution is -2.34. The lowest BCUT2D eigenvalue weighted by atomic mass is 10.1. The van der Waals surface area contributed by atoms with Crippen molar-refractivity contribution in [3.05, 3.63) is 66.0 Å². The first kappa shape index (κ1) is 17.3. The highest BCUT2D eigenvalue weighted by atomic mass is 16.3. The number of amides is 3. The molecule has 3 N–H and O–H groups in total. The maximum Gasteiger partial charge on any atom is 0.277 e. The number of carbonyl (C=O) groups excluding carboxylic acids is 3. The summed E-state index contributed by atoms with van der Waals surface area (Å²) in [5.41, 5.74) is 0.709. The molecule has 1 aromatic carbocycles. The van der Waals surface area contributed by atoms with Gasteiger partial charge in [0.1, 0.15) is 11.5 Å². The molecule has 0 aliphatic carbocycles. The summed E-state index contributed by atoms with van der Waals surface area (Å²) in [5.74, 6) is -1.07. The zero-order valence-electron chi connectivity index (χ0n) is 13.7. The molecule has 2 aromatic rings. The Morgan fingerprint density at radius 1 is 1.12 bits per heavy atom. The van der Waals surface area contributed by atoms with Gasteiger partial charge in [0.15, 0.2) is 0 Å². The second kappa shape index (κ2) is 7.58. The van der Waals surface area contributed by atoms with Gasteiger partial charge in [-0.25, -0.2) is 4.98 Å². The van der Waals surface area contributed by atoms with E-state index >= 15 is 0 Å². The third-order valence-corrected chi connectivity index (χ3v) is 3.68. The molecule has 3 amide bonds. The first-order valence-electron chi connectivity index (χ1n) is 7.87. The van der Waals surface area contributed by atoms with Crippen LogP contribution in [-0.4, -0.2) is 45.9 Å². The minimum absolute atomic E-state index is 0.0431. The van der Waals surface area contributed by atoms with Crippen LogP contribution in [0.2, 0.25) is 0 Å². The molecular weight excluding hydrogens is 336 g/mol. The van der Waals surface area contributed by atoms with Crippen LogP contribution in [0, 0.1) is 0 Å². The van der Waals surface area contributed by atoms with Crippen LogP contribution in [-0.2, 0) is 9.59 Å². The molecule has 0 radical (unpaired) electrons. The maximum atomic E-state index is 12.5. The van der Waals surface area contributed by atoms with Crippen LogP contribution in [0.1, 0.15) is 10.4 Å². The molecule has 0 saturated carbocycles. The fourth-order valence-electron chi connectivity index (χ4n) is 2.47. The third-order valence-electron chi connectivity index (χ3n) is 3.68.